The molecule has 0 atom stereocenters. The molecule has 1 saturated heterocycles. The van der Waals surface area contributed by atoms with Gasteiger partial charge in [-0.1, -0.05) is 66.2 Å². The van der Waals surface area contributed by atoms with Crippen molar-refractivity contribution in [3.05, 3.63) is 87.6 Å². The molecule has 2 amide bonds. The van der Waals surface area contributed by atoms with Crippen molar-refractivity contribution in [1.82, 2.24) is 4.90 Å². The topological polar surface area (TPSA) is 71.4 Å². The van der Waals surface area contributed by atoms with Crippen molar-refractivity contribution in [3.63, 3.8) is 0 Å². The Balaban J connectivity index is 1.47. The van der Waals surface area contributed by atoms with Crippen molar-refractivity contribution in [2.24, 2.45) is 4.99 Å². The van der Waals surface area contributed by atoms with Crippen LogP contribution in [0.2, 0.25) is 10.0 Å². The molecule has 43 heavy (non-hydrogen) atoms. The number of benzene rings is 2. The van der Waals surface area contributed by atoms with Crippen molar-refractivity contribution in [2.45, 2.75) is 57.8 Å². The van der Waals surface area contributed by atoms with Gasteiger partial charge in [-0.05, 0) is 68.6 Å². The Morgan fingerprint density at radius 2 is 1.60 bits per heavy atom. The van der Waals surface area contributed by atoms with Gasteiger partial charge in [-0.25, -0.2) is 9.79 Å². The molecule has 1 fully saturated rings. The Labute approximate surface area is 264 Å². The number of aryl methyl sites for hydroxylation is 2. The molecule has 0 bridgehead atoms. The summed E-state index contributed by atoms with van der Waals surface area (Å²) in [7, 11) is 4.73. The molecule has 4 rings (SSSR count). The Morgan fingerprint density at radius 1 is 0.977 bits per heavy atom. The van der Waals surface area contributed by atoms with Gasteiger partial charge in [-0.2, -0.15) is 0 Å². The molecule has 2 aromatic rings. The van der Waals surface area contributed by atoms with Gasteiger partial charge in [0.1, 0.15) is 27.4 Å². The third-order valence-electron chi connectivity index (χ3n) is 7.80. The van der Waals surface area contributed by atoms with E-state index in [2.05, 4.69) is 43.0 Å². The number of halogens is 2. The number of anilines is 1. The first-order valence-corrected chi connectivity index (χ1v) is 15.4. The van der Waals surface area contributed by atoms with Gasteiger partial charge < -0.3 is 9.47 Å². The summed E-state index contributed by atoms with van der Waals surface area (Å²) in [6, 6.07) is 9.84. The van der Waals surface area contributed by atoms with Crippen LogP contribution >= 0.6 is 23.2 Å². The Kier molecular flexibility index (Phi) is 11.5. The smallest absolute Gasteiger partial charge is 0.330 e. The zero-order chi connectivity index (χ0) is 30.9. The van der Waals surface area contributed by atoms with Crippen molar-refractivity contribution in [3.8, 4) is 11.5 Å². The molecule has 0 aromatic heterocycles. The van der Waals surface area contributed by atoms with E-state index in [0.29, 0.717) is 29.4 Å². The minimum absolute atomic E-state index is 0.103. The van der Waals surface area contributed by atoms with Crippen LogP contribution in [0.4, 0.5) is 10.5 Å². The SMILES string of the molecule is C=CC(=O)CCCCc1ccccc1CCCC1=CCC/C=C2/CN(c3c(Cl)c(OC)cc(OC)c3Cl)C(=O)N(C)C2=N1. The standard InChI is InChI=1S/C34H39Cl2N3O4/c1-5-27(40)20-11-9-15-23-13-6-7-14-24(23)17-12-19-26-18-10-8-16-25-22-39(34(41)38(2)33(25)37-26)32-30(35)28(42-3)21-29(43-4)31(32)36/h5-7,13-14,16,18,21H,1,8-12,15,17,19-20,22H2,2-4H3/b25-16-,26-18?,37-33?. The van der Waals surface area contributed by atoms with Gasteiger partial charge in [0.15, 0.2) is 5.78 Å². The normalized spacial score (nSPS) is 16.3. The van der Waals surface area contributed by atoms with E-state index in [-0.39, 0.29) is 28.4 Å². The van der Waals surface area contributed by atoms with E-state index in [1.807, 2.05) is 0 Å². The number of methoxy groups -OCH3 is 2. The summed E-state index contributed by atoms with van der Waals surface area (Å²) < 4.78 is 10.8. The Morgan fingerprint density at radius 3 is 2.23 bits per heavy atom. The number of nitrogens with zero attached hydrogens (tertiary/aromatic N) is 3. The zero-order valence-corrected chi connectivity index (χ0v) is 26.6. The average Bonchev–Trinajstić information content (AvgIpc) is 3.00. The summed E-state index contributed by atoms with van der Waals surface area (Å²) in [6.45, 7) is 3.83. The summed E-state index contributed by atoms with van der Waals surface area (Å²) in [4.78, 5) is 33.3. The molecular weight excluding hydrogens is 585 g/mol. The number of likely N-dealkylation sites (N-methyl/N-ethyl adjacent to an activating group) is 1. The van der Waals surface area contributed by atoms with E-state index in [1.54, 1.807) is 22.9 Å². The summed E-state index contributed by atoms with van der Waals surface area (Å²) >= 11 is 13.3. The molecule has 0 aliphatic carbocycles. The lowest BCUT2D eigenvalue weighted by Crippen LogP contribution is -2.52. The molecule has 0 N–H and O–H groups in total. The molecule has 0 spiro atoms. The van der Waals surface area contributed by atoms with Crippen LogP contribution in [-0.2, 0) is 17.6 Å². The highest BCUT2D eigenvalue weighted by Gasteiger charge is 2.36. The lowest BCUT2D eigenvalue weighted by atomic mass is 9.96. The maximum Gasteiger partial charge on any atom is 0.330 e. The van der Waals surface area contributed by atoms with Gasteiger partial charge in [0.05, 0.1) is 26.5 Å². The van der Waals surface area contributed by atoms with Crippen LogP contribution in [0.15, 0.2) is 71.4 Å². The number of carbonyl (C=O) groups excluding carboxylic acids is 2. The first-order chi connectivity index (χ1) is 20.8. The molecule has 7 nitrogen and oxygen atoms in total. The van der Waals surface area contributed by atoms with E-state index in [4.69, 9.17) is 37.7 Å². The molecular formula is C34H39Cl2N3O4. The number of rotatable bonds is 13. The minimum atomic E-state index is -0.293. The van der Waals surface area contributed by atoms with Crippen LogP contribution in [0.5, 0.6) is 11.5 Å². The molecule has 9 heteroatoms. The highest BCUT2D eigenvalue weighted by atomic mass is 35.5. The largest absolute Gasteiger partial charge is 0.495 e. The fraction of sp³-hybridized carbons (Fsp3) is 0.382. The van der Waals surface area contributed by atoms with Crippen molar-refractivity contribution < 1.29 is 19.1 Å². The maximum absolute atomic E-state index is 13.7. The number of fused-ring (bicyclic) bond motifs is 1. The maximum atomic E-state index is 13.7. The number of urea groups is 1. The van der Waals surface area contributed by atoms with Gasteiger partial charge in [0, 0.05) is 30.8 Å². The molecule has 0 unspecified atom stereocenters. The van der Waals surface area contributed by atoms with Crippen LogP contribution in [-0.4, -0.2) is 50.4 Å². The summed E-state index contributed by atoms with van der Waals surface area (Å²) in [5.41, 5.74) is 4.93. The van der Waals surface area contributed by atoms with Gasteiger partial charge in [-0.15, -0.1) is 0 Å². The molecule has 228 valence electrons. The predicted molar refractivity (Wildman–Crippen MR) is 175 cm³/mol. The molecule has 2 aliphatic rings. The first-order valence-electron chi connectivity index (χ1n) is 14.6. The van der Waals surface area contributed by atoms with Crippen molar-refractivity contribution >= 4 is 46.5 Å². The number of unbranched alkanes of at least 4 members (excludes halogenated alkanes) is 1. The second kappa shape index (κ2) is 15.3. The van der Waals surface area contributed by atoms with Crippen LogP contribution < -0.4 is 14.4 Å². The second-order valence-corrected chi connectivity index (χ2v) is 11.4. The molecule has 2 aliphatic heterocycles. The predicted octanol–water partition coefficient (Wildman–Crippen LogP) is 8.38. The van der Waals surface area contributed by atoms with E-state index >= 15 is 0 Å². The number of ether oxygens (including phenoxy) is 2. The van der Waals surface area contributed by atoms with Crippen molar-refractivity contribution in [2.75, 3.05) is 32.7 Å². The van der Waals surface area contributed by atoms with Crippen LogP contribution in [0, 0.1) is 0 Å². The molecule has 0 radical (unpaired) electrons. The fourth-order valence-corrected chi connectivity index (χ4v) is 6.16. The van der Waals surface area contributed by atoms with Crippen molar-refractivity contribution in [1.29, 1.82) is 0 Å². The van der Waals surface area contributed by atoms with Gasteiger partial charge >= 0.3 is 6.03 Å². The van der Waals surface area contributed by atoms with Gasteiger partial charge in [-0.3, -0.25) is 14.6 Å². The number of amidine groups is 1. The quantitative estimate of drug-likeness (QED) is 0.166. The van der Waals surface area contributed by atoms with Crippen LogP contribution in [0.3, 0.4) is 0 Å². The molecule has 2 aromatic carbocycles. The number of hydrogen-bond donors (Lipinski definition) is 0. The third-order valence-corrected chi connectivity index (χ3v) is 8.53. The number of hydrogen-bond acceptors (Lipinski definition) is 5. The highest BCUT2D eigenvalue weighted by Crippen LogP contribution is 2.47. The van der Waals surface area contributed by atoms with E-state index in [0.717, 1.165) is 62.6 Å². The summed E-state index contributed by atoms with van der Waals surface area (Å²) in [5.74, 6) is 1.48. The monoisotopic (exact) mass is 623 g/mol. The van der Waals surface area contributed by atoms with Gasteiger partial charge in [0.2, 0.25) is 0 Å². The highest BCUT2D eigenvalue weighted by molar-refractivity contribution is 6.42. The third kappa shape index (κ3) is 7.70. The summed E-state index contributed by atoms with van der Waals surface area (Å²) in [5, 5.41) is 0.487. The number of carbonyl (C=O) groups is 2. The molecule has 0 saturated carbocycles. The Hall–Kier alpha value is -3.55. The lowest BCUT2D eigenvalue weighted by molar-refractivity contribution is -0.114. The fourth-order valence-electron chi connectivity index (χ4n) is 5.45. The first kappa shape index (κ1) is 32.4. The number of aliphatic imine (C=N–C) groups is 1. The minimum Gasteiger partial charge on any atom is -0.495 e. The lowest BCUT2D eigenvalue weighted by Gasteiger charge is -2.37. The molecule has 2 heterocycles. The van der Waals surface area contributed by atoms with E-state index in [1.165, 1.54) is 31.4 Å². The summed E-state index contributed by atoms with van der Waals surface area (Å²) in [6.07, 6.45) is 13.4. The zero-order valence-electron chi connectivity index (χ0n) is 25.1. The number of allylic oxidation sites excluding steroid dienone is 4. The number of amides is 2. The van der Waals surface area contributed by atoms with Crippen LogP contribution in [0.25, 0.3) is 0 Å². The van der Waals surface area contributed by atoms with E-state index < -0.39 is 0 Å². The average molecular weight is 625 g/mol. The Bertz CT molecular complexity index is 1440. The van der Waals surface area contributed by atoms with Gasteiger partial charge in [0.25, 0.3) is 0 Å². The number of ketones is 1. The second-order valence-electron chi connectivity index (χ2n) is 10.6. The van der Waals surface area contributed by atoms with E-state index in [9.17, 15) is 9.59 Å². The van der Waals surface area contributed by atoms with Crippen LogP contribution in [0.1, 0.15) is 56.1 Å².